The van der Waals surface area contributed by atoms with Crippen molar-refractivity contribution in [3.63, 3.8) is 0 Å². The smallest absolute Gasteiger partial charge is 0.219 e. The number of unbranched alkanes of at least 4 members (excludes halogenated alkanes) is 4. The molecule has 0 saturated heterocycles. The molecular weight excluding hydrogens is 290 g/mol. The molecule has 0 fully saturated rings. The first-order chi connectivity index (χ1) is 10.8. The van der Waals surface area contributed by atoms with Gasteiger partial charge in [0.2, 0.25) is 5.91 Å². The molecule has 0 unspecified atom stereocenters. The van der Waals surface area contributed by atoms with E-state index in [-0.39, 0.29) is 11.3 Å². The third-order valence-electron chi connectivity index (χ3n) is 3.99. The van der Waals surface area contributed by atoms with E-state index in [1.54, 1.807) is 0 Å². The average molecular weight is 325 g/mol. The van der Waals surface area contributed by atoms with Gasteiger partial charge in [-0.05, 0) is 25.7 Å². The average Bonchev–Trinajstić information content (AvgIpc) is 2.48. The van der Waals surface area contributed by atoms with Crippen LogP contribution in [0.15, 0.2) is 0 Å². The van der Waals surface area contributed by atoms with E-state index in [4.69, 9.17) is 0 Å². The van der Waals surface area contributed by atoms with Crippen molar-refractivity contribution in [1.29, 1.82) is 0 Å². The highest BCUT2D eigenvalue weighted by atomic mass is 16.1. The molecule has 0 spiro atoms. The minimum Gasteiger partial charge on any atom is -0.356 e. The van der Waals surface area contributed by atoms with Crippen LogP contribution < -0.4 is 5.32 Å². The Bertz CT molecular complexity index is 369. The number of hydrogen-bond acceptors (Lipinski definition) is 3. The van der Waals surface area contributed by atoms with Crippen LogP contribution in [0.1, 0.15) is 91.9 Å². The van der Waals surface area contributed by atoms with Gasteiger partial charge in [0.1, 0.15) is 11.6 Å². The van der Waals surface area contributed by atoms with Gasteiger partial charge < -0.3 is 5.32 Å². The first-order valence-corrected chi connectivity index (χ1v) is 9.09. The van der Waals surface area contributed by atoms with Crippen LogP contribution in [-0.4, -0.2) is 24.0 Å². The van der Waals surface area contributed by atoms with E-state index in [2.05, 4.69) is 5.32 Å². The molecule has 0 bridgehead atoms. The fourth-order valence-corrected chi connectivity index (χ4v) is 2.24. The second kappa shape index (κ2) is 12.3. The Morgan fingerprint density at radius 2 is 1.35 bits per heavy atom. The van der Waals surface area contributed by atoms with Gasteiger partial charge in [-0.15, -0.1) is 0 Å². The van der Waals surface area contributed by atoms with Crippen LogP contribution >= 0.6 is 0 Å². The minimum absolute atomic E-state index is 0.0950. The van der Waals surface area contributed by atoms with Gasteiger partial charge in [-0.1, -0.05) is 40.5 Å². The van der Waals surface area contributed by atoms with Gasteiger partial charge in [-0.2, -0.15) is 0 Å². The zero-order chi connectivity index (χ0) is 17.7. The maximum absolute atomic E-state index is 11.7. The van der Waals surface area contributed by atoms with Crippen LogP contribution in [0.25, 0.3) is 0 Å². The Labute approximate surface area is 141 Å². The molecule has 0 aliphatic heterocycles. The predicted octanol–water partition coefficient (Wildman–Crippen LogP) is 4.21. The van der Waals surface area contributed by atoms with E-state index >= 15 is 0 Å². The summed E-state index contributed by atoms with van der Waals surface area (Å²) in [4.78, 5) is 34.5. The van der Waals surface area contributed by atoms with E-state index in [1.807, 2.05) is 27.7 Å². The number of hydrogen-bond donors (Lipinski definition) is 1. The van der Waals surface area contributed by atoms with E-state index in [0.29, 0.717) is 43.8 Å². The molecule has 0 rings (SSSR count). The summed E-state index contributed by atoms with van der Waals surface area (Å²) < 4.78 is 0. The lowest BCUT2D eigenvalue weighted by molar-refractivity contribution is -0.126. The van der Waals surface area contributed by atoms with Crippen LogP contribution in [0.4, 0.5) is 0 Å². The highest BCUT2D eigenvalue weighted by Gasteiger charge is 2.19. The van der Waals surface area contributed by atoms with Gasteiger partial charge in [0.15, 0.2) is 0 Å². The van der Waals surface area contributed by atoms with Gasteiger partial charge in [0, 0.05) is 37.6 Å². The number of carbonyl (C=O) groups is 3. The van der Waals surface area contributed by atoms with Crippen molar-refractivity contribution in [2.75, 3.05) is 6.54 Å². The summed E-state index contributed by atoms with van der Waals surface area (Å²) in [6.45, 7) is 8.43. The molecule has 0 heterocycles. The fraction of sp³-hybridized carbons (Fsp3) is 0.842. The van der Waals surface area contributed by atoms with E-state index < -0.39 is 0 Å². The molecule has 1 N–H and O–H groups in total. The Morgan fingerprint density at radius 3 is 1.96 bits per heavy atom. The number of ketones is 2. The van der Waals surface area contributed by atoms with Crippen molar-refractivity contribution >= 4 is 17.5 Å². The zero-order valence-corrected chi connectivity index (χ0v) is 15.5. The molecule has 23 heavy (non-hydrogen) atoms. The molecular formula is C19H35NO3. The van der Waals surface area contributed by atoms with Crippen LogP contribution in [0.3, 0.4) is 0 Å². The molecule has 0 aliphatic rings. The van der Waals surface area contributed by atoms with Crippen LogP contribution in [-0.2, 0) is 14.4 Å². The Morgan fingerprint density at radius 1 is 0.783 bits per heavy atom. The first-order valence-electron chi connectivity index (χ1n) is 9.09. The first kappa shape index (κ1) is 21.8. The summed E-state index contributed by atoms with van der Waals surface area (Å²) in [5.41, 5.74) is -0.240. The predicted molar refractivity (Wildman–Crippen MR) is 94.3 cm³/mol. The molecule has 134 valence electrons. The van der Waals surface area contributed by atoms with Crippen molar-refractivity contribution in [3.8, 4) is 0 Å². The fourth-order valence-electron chi connectivity index (χ4n) is 2.24. The summed E-state index contributed by atoms with van der Waals surface area (Å²) in [6, 6.07) is 0. The van der Waals surface area contributed by atoms with Crippen LogP contribution in [0.2, 0.25) is 0 Å². The van der Waals surface area contributed by atoms with Gasteiger partial charge in [-0.25, -0.2) is 0 Å². The van der Waals surface area contributed by atoms with Gasteiger partial charge in [-0.3, -0.25) is 14.4 Å². The number of rotatable bonds is 13. The lowest BCUT2D eigenvalue weighted by Gasteiger charge is -2.16. The van der Waals surface area contributed by atoms with Crippen LogP contribution in [0.5, 0.6) is 0 Å². The standard InChI is InChI=1S/C19H35NO3/c1-5-16(21)12-8-6-10-14-18(23)20-15-11-7-9-13-17(22)19(2,3)4/h5-15H2,1-4H3,(H,20,23). The summed E-state index contributed by atoms with van der Waals surface area (Å²) in [6.07, 6.45) is 7.91. The molecule has 0 aromatic rings. The SMILES string of the molecule is CCC(=O)CCCCCC(=O)NCCCCCC(=O)C(C)(C)C. The molecule has 0 aliphatic carbocycles. The highest BCUT2D eigenvalue weighted by Crippen LogP contribution is 2.18. The summed E-state index contributed by atoms with van der Waals surface area (Å²) in [5, 5.41) is 2.92. The lowest BCUT2D eigenvalue weighted by atomic mass is 9.88. The van der Waals surface area contributed by atoms with Crippen molar-refractivity contribution in [2.24, 2.45) is 5.41 Å². The third kappa shape index (κ3) is 13.0. The normalized spacial score (nSPS) is 11.3. The van der Waals surface area contributed by atoms with E-state index in [0.717, 1.165) is 38.5 Å². The second-order valence-electron chi connectivity index (χ2n) is 7.29. The number of carbonyl (C=O) groups excluding carboxylic acids is 3. The van der Waals surface area contributed by atoms with Gasteiger partial charge in [0.05, 0.1) is 0 Å². The monoisotopic (exact) mass is 325 g/mol. The third-order valence-corrected chi connectivity index (χ3v) is 3.99. The van der Waals surface area contributed by atoms with Crippen molar-refractivity contribution in [2.45, 2.75) is 91.9 Å². The molecule has 0 aromatic carbocycles. The molecule has 0 atom stereocenters. The topological polar surface area (TPSA) is 63.2 Å². The van der Waals surface area contributed by atoms with Crippen molar-refractivity contribution in [3.05, 3.63) is 0 Å². The molecule has 0 saturated carbocycles. The van der Waals surface area contributed by atoms with Gasteiger partial charge >= 0.3 is 0 Å². The number of nitrogens with one attached hydrogen (secondary N) is 1. The second-order valence-corrected chi connectivity index (χ2v) is 7.29. The quantitative estimate of drug-likeness (QED) is 0.516. The lowest BCUT2D eigenvalue weighted by Crippen LogP contribution is -2.24. The minimum atomic E-state index is -0.240. The number of Topliss-reactive ketones (excluding diaryl/α,β-unsaturated/α-hetero) is 2. The Hall–Kier alpha value is -1.19. The largest absolute Gasteiger partial charge is 0.356 e. The Balaban J connectivity index is 3.44. The number of amides is 1. The maximum atomic E-state index is 11.7. The van der Waals surface area contributed by atoms with Crippen molar-refractivity contribution < 1.29 is 14.4 Å². The van der Waals surface area contributed by atoms with Crippen LogP contribution in [0, 0.1) is 5.41 Å². The zero-order valence-electron chi connectivity index (χ0n) is 15.5. The highest BCUT2D eigenvalue weighted by molar-refractivity contribution is 5.83. The van der Waals surface area contributed by atoms with E-state index in [9.17, 15) is 14.4 Å². The van der Waals surface area contributed by atoms with Gasteiger partial charge in [0.25, 0.3) is 0 Å². The molecule has 4 nitrogen and oxygen atoms in total. The molecule has 0 aromatic heterocycles. The summed E-state index contributed by atoms with van der Waals surface area (Å²) in [7, 11) is 0. The molecule has 4 heteroatoms. The molecule has 0 radical (unpaired) electrons. The molecule has 1 amide bonds. The summed E-state index contributed by atoms with van der Waals surface area (Å²) >= 11 is 0. The maximum Gasteiger partial charge on any atom is 0.219 e. The Kier molecular flexibility index (Phi) is 11.6. The summed E-state index contributed by atoms with van der Waals surface area (Å²) in [5.74, 6) is 0.708. The van der Waals surface area contributed by atoms with E-state index in [1.165, 1.54) is 0 Å². The van der Waals surface area contributed by atoms with Crippen molar-refractivity contribution in [1.82, 2.24) is 5.32 Å².